The molecule has 1 aliphatic rings. The first-order valence-electron chi connectivity index (χ1n) is 7.22. The van der Waals surface area contributed by atoms with Gasteiger partial charge in [-0.1, -0.05) is 30.3 Å². The smallest absolute Gasteiger partial charge is 0.373 e. The summed E-state index contributed by atoms with van der Waals surface area (Å²) < 4.78 is 10.0. The van der Waals surface area contributed by atoms with Crippen molar-refractivity contribution in [3.05, 3.63) is 59.5 Å². The van der Waals surface area contributed by atoms with Crippen LogP contribution in [0, 0.1) is 0 Å². The molecule has 0 saturated carbocycles. The molecule has 110 valence electrons. The third kappa shape index (κ3) is 3.00. The van der Waals surface area contributed by atoms with Gasteiger partial charge in [-0.2, -0.15) is 0 Å². The van der Waals surface area contributed by atoms with Crippen LogP contribution in [0.25, 0.3) is 0 Å². The second kappa shape index (κ2) is 6.14. The van der Waals surface area contributed by atoms with Gasteiger partial charge in [0.25, 0.3) is 0 Å². The van der Waals surface area contributed by atoms with E-state index >= 15 is 0 Å². The molecule has 1 atom stereocenters. The number of esters is 1. The van der Waals surface area contributed by atoms with Crippen LogP contribution < -0.4 is 0 Å². The molecule has 2 aromatic rings. The van der Waals surface area contributed by atoms with Crippen LogP contribution in [0.1, 0.15) is 40.6 Å². The maximum absolute atomic E-state index is 11.5. The maximum Gasteiger partial charge on any atom is 0.373 e. The standard InChI is InChI=1S/C17H19NO3/c1-20-17(19)16-10-14(12-21-16)15-8-5-9-18(15)11-13-6-3-2-4-7-13/h2-4,6-7,10,12,15H,5,8-9,11H2,1H3/t15-/m1/s1. The number of nitrogens with zero attached hydrogens (tertiary/aromatic N) is 1. The minimum absolute atomic E-state index is 0.277. The highest BCUT2D eigenvalue weighted by Crippen LogP contribution is 2.34. The predicted octanol–water partition coefficient (Wildman–Crippen LogP) is 3.40. The molecule has 21 heavy (non-hydrogen) atoms. The molecular formula is C17H19NO3. The number of hydrogen-bond donors (Lipinski definition) is 0. The minimum Gasteiger partial charge on any atom is -0.463 e. The first-order chi connectivity index (χ1) is 10.3. The van der Waals surface area contributed by atoms with Crippen molar-refractivity contribution in [3.8, 4) is 0 Å². The third-order valence-corrected chi connectivity index (χ3v) is 3.98. The Hall–Kier alpha value is -2.07. The Morgan fingerprint density at radius 1 is 1.38 bits per heavy atom. The van der Waals surface area contributed by atoms with Crippen molar-refractivity contribution in [2.24, 2.45) is 0 Å². The third-order valence-electron chi connectivity index (χ3n) is 3.98. The first kappa shape index (κ1) is 13.9. The van der Waals surface area contributed by atoms with Gasteiger partial charge in [-0.05, 0) is 31.0 Å². The highest BCUT2D eigenvalue weighted by molar-refractivity contribution is 5.86. The van der Waals surface area contributed by atoms with E-state index in [1.807, 2.05) is 6.07 Å². The Bertz CT molecular complexity index is 606. The average Bonchev–Trinajstić information content (AvgIpc) is 3.16. The summed E-state index contributed by atoms with van der Waals surface area (Å²) in [4.78, 5) is 13.9. The average molecular weight is 285 g/mol. The van der Waals surface area contributed by atoms with Crippen LogP contribution in [-0.4, -0.2) is 24.5 Å². The molecule has 0 aliphatic carbocycles. The van der Waals surface area contributed by atoms with Gasteiger partial charge in [-0.3, -0.25) is 4.90 Å². The maximum atomic E-state index is 11.5. The number of furan rings is 1. The van der Waals surface area contributed by atoms with Gasteiger partial charge in [-0.25, -0.2) is 4.79 Å². The fourth-order valence-corrected chi connectivity index (χ4v) is 2.94. The number of likely N-dealkylation sites (tertiary alicyclic amines) is 1. The zero-order chi connectivity index (χ0) is 14.7. The van der Waals surface area contributed by atoms with E-state index < -0.39 is 5.97 Å². The van der Waals surface area contributed by atoms with Crippen LogP contribution in [-0.2, 0) is 11.3 Å². The Kier molecular flexibility index (Phi) is 4.06. The topological polar surface area (TPSA) is 42.7 Å². The molecule has 1 saturated heterocycles. The van der Waals surface area contributed by atoms with Crippen molar-refractivity contribution >= 4 is 5.97 Å². The van der Waals surface area contributed by atoms with Crippen LogP contribution in [0.5, 0.6) is 0 Å². The highest BCUT2D eigenvalue weighted by Gasteiger charge is 2.28. The number of carbonyl (C=O) groups excluding carboxylic acids is 1. The van der Waals surface area contributed by atoms with Crippen LogP contribution in [0.15, 0.2) is 47.1 Å². The number of benzene rings is 1. The summed E-state index contributed by atoms with van der Waals surface area (Å²) in [6.07, 6.45) is 3.93. The van der Waals surface area contributed by atoms with E-state index in [1.54, 1.807) is 12.3 Å². The second-order valence-corrected chi connectivity index (χ2v) is 5.35. The Morgan fingerprint density at radius 2 is 2.19 bits per heavy atom. The number of hydrogen-bond acceptors (Lipinski definition) is 4. The van der Waals surface area contributed by atoms with Crippen LogP contribution in [0.3, 0.4) is 0 Å². The Morgan fingerprint density at radius 3 is 2.95 bits per heavy atom. The van der Waals surface area contributed by atoms with Crippen molar-refractivity contribution in [1.29, 1.82) is 0 Å². The van der Waals surface area contributed by atoms with E-state index in [1.165, 1.54) is 12.7 Å². The second-order valence-electron chi connectivity index (χ2n) is 5.35. The van der Waals surface area contributed by atoms with Crippen LogP contribution in [0.4, 0.5) is 0 Å². The lowest BCUT2D eigenvalue weighted by atomic mass is 10.1. The molecule has 3 rings (SSSR count). The van der Waals surface area contributed by atoms with E-state index in [9.17, 15) is 4.79 Å². The van der Waals surface area contributed by atoms with Gasteiger partial charge < -0.3 is 9.15 Å². The van der Waals surface area contributed by atoms with Gasteiger partial charge in [0.2, 0.25) is 5.76 Å². The van der Waals surface area contributed by atoms with Crippen molar-refractivity contribution in [1.82, 2.24) is 4.90 Å². The van der Waals surface area contributed by atoms with E-state index in [0.29, 0.717) is 6.04 Å². The van der Waals surface area contributed by atoms with Crippen molar-refractivity contribution < 1.29 is 13.9 Å². The van der Waals surface area contributed by atoms with Crippen molar-refractivity contribution in [2.75, 3.05) is 13.7 Å². The molecule has 1 fully saturated rings. The molecule has 2 heterocycles. The van der Waals surface area contributed by atoms with Crippen LogP contribution >= 0.6 is 0 Å². The number of methoxy groups -OCH3 is 1. The lowest BCUT2D eigenvalue weighted by Crippen LogP contribution is -2.22. The summed E-state index contributed by atoms with van der Waals surface area (Å²) in [5, 5.41) is 0. The lowest BCUT2D eigenvalue weighted by molar-refractivity contribution is 0.0565. The molecular weight excluding hydrogens is 266 g/mol. The summed E-state index contributed by atoms with van der Waals surface area (Å²) >= 11 is 0. The lowest BCUT2D eigenvalue weighted by Gasteiger charge is -2.23. The molecule has 0 amide bonds. The quantitative estimate of drug-likeness (QED) is 0.807. The predicted molar refractivity (Wildman–Crippen MR) is 78.9 cm³/mol. The molecule has 4 heteroatoms. The SMILES string of the molecule is COC(=O)c1cc([C@H]2CCCN2Cc2ccccc2)co1. The minimum atomic E-state index is -0.422. The Balaban J connectivity index is 1.74. The molecule has 0 spiro atoms. The van der Waals surface area contributed by atoms with Gasteiger partial charge in [0.05, 0.1) is 13.4 Å². The summed E-state index contributed by atoms with van der Waals surface area (Å²) in [7, 11) is 1.36. The summed E-state index contributed by atoms with van der Waals surface area (Å²) in [5.41, 5.74) is 2.37. The van der Waals surface area contributed by atoms with E-state index in [-0.39, 0.29) is 5.76 Å². The van der Waals surface area contributed by atoms with Gasteiger partial charge >= 0.3 is 5.97 Å². The number of carbonyl (C=O) groups is 1. The number of rotatable bonds is 4. The molecule has 0 radical (unpaired) electrons. The van der Waals surface area contributed by atoms with Crippen LogP contribution in [0.2, 0.25) is 0 Å². The zero-order valence-electron chi connectivity index (χ0n) is 12.1. The molecule has 1 aromatic carbocycles. The van der Waals surface area contributed by atoms with E-state index in [2.05, 4.69) is 33.9 Å². The Labute approximate surface area is 124 Å². The molecule has 0 unspecified atom stereocenters. The van der Waals surface area contributed by atoms with Gasteiger partial charge in [0.15, 0.2) is 0 Å². The van der Waals surface area contributed by atoms with E-state index in [4.69, 9.17) is 4.42 Å². The molecule has 4 nitrogen and oxygen atoms in total. The zero-order valence-corrected chi connectivity index (χ0v) is 12.1. The molecule has 1 aromatic heterocycles. The monoisotopic (exact) mass is 285 g/mol. The summed E-state index contributed by atoms with van der Waals surface area (Å²) in [6.45, 7) is 1.99. The normalized spacial score (nSPS) is 18.8. The van der Waals surface area contributed by atoms with Gasteiger partial charge in [0.1, 0.15) is 0 Å². The van der Waals surface area contributed by atoms with Gasteiger partial charge in [0, 0.05) is 18.2 Å². The first-order valence-corrected chi connectivity index (χ1v) is 7.22. The van der Waals surface area contributed by atoms with E-state index in [0.717, 1.165) is 31.5 Å². The summed E-state index contributed by atoms with van der Waals surface area (Å²) in [6, 6.07) is 12.6. The largest absolute Gasteiger partial charge is 0.463 e. The fourth-order valence-electron chi connectivity index (χ4n) is 2.94. The summed E-state index contributed by atoms with van der Waals surface area (Å²) in [5.74, 6) is -0.145. The molecule has 0 bridgehead atoms. The molecule has 1 aliphatic heterocycles. The van der Waals surface area contributed by atoms with Gasteiger partial charge in [-0.15, -0.1) is 0 Å². The van der Waals surface area contributed by atoms with Crippen molar-refractivity contribution in [3.63, 3.8) is 0 Å². The molecule has 0 N–H and O–H groups in total. The fraction of sp³-hybridized carbons (Fsp3) is 0.353. The number of ether oxygens (including phenoxy) is 1. The highest BCUT2D eigenvalue weighted by atomic mass is 16.5. The van der Waals surface area contributed by atoms with Crippen molar-refractivity contribution in [2.45, 2.75) is 25.4 Å².